The van der Waals surface area contributed by atoms with Gasteiger partial charge in [0.2, 0.25) is 10.0 Å². The molecule has 0 saturated carbocycles. The molecule has 19 heavy (non-hydrogen) atoms. The van der Waals surface area contributed by atoms with Gasteiger partial charge in [0.15, 0.2) is 0 Å². The molecule has 6 heteroatoms. The van der Waals surface area contributed by atoms with Crippen LogP contribution >= 0.6 is 0 Å². The van der Waals surface area contributed by atoms with Crippen molar-refractivity contribution in [1.82, 2.24) is 4.72 Å². The molecular formula is C13H22N2O3S. The Morgan fingerprint density at radius 3 is 2.42 bits per heavy atom. The van der Waals surface area contributed by atoms with Crippen molar-refractivity contribution in [1.29, 1.82) is 0 Å². The van der Waals surface area contributed by atoms with E-state index in [4.69, 9.17) is 10.5 Å². The average Bonchev–Trinajstić information content (AvgIpc) is 2.21. The first-order valence-electron chi connectivity index (χ1n) is 5.99. The van der Waals surface area contributed by atoms with Crippen LogP contribution in [0, 0.1) is 13.8 Å². The van der Waals surface area contributed by atoms with E-state index in [1.165, 1.54) is 13.2 Å². The quantitative estimate of drug-likeness (QED) is 0.805. The molecule has 0 unspecified atom stereocenters. The zero-order chi connectivity index (χ0) is 14.8. The highest BCUT2D eigenvalue weighted by molar-refractivity contribution is 7.89. The molecule has 0 saturated heterocycles. The maximum Gasteiger partial charge on any atom is 0.241 e. The zero-order valence-electron chi connectivity index (χ0n) is 12.1. The first-order chi connectivity index (χ1) is 8.59. The molecule has 5 nitrogen and oxygen atoms in total. The second-order valence-electron chi connectivity index (χ2n) is 5.38. The molecule has 0 radical (unpaired) electrons. The summed E-state index contributed by atoms with van der Waals surface area (Å²) in [4.78, 5) is 0.217. The highest BCUT2D eigenvalue weighted by Gasteiger charge is 2.27. The second kappa shape index (κ2) is 5.48. The number of sulfonamides is 1. The minimum Gasteiger partial charge on any atom is -0.399 e. The van der Waals surface area contributed by atoms with Crippen LogP contribution in [0.1, 0.15) is 25.0 Å². The lowest BCUT2D eigenvalue weighted by molar-refractivity contribution is 0.141. The third-order valence-corrected chi connectivity index (χ3v) is 4.67. The smallest absolute Gasteiger partial charge is 0.241 e. The van der Waals surface area contributed by atoms with Crippen molar-refractivity contribution in [2.75, 3.05) is 19.5 Å². The lowest BCUT2D eigenvalue weighted by atomic mass is 10.1. The molecule has 1 rings (SSSR count). The first kappa shape index (κ1) is 15.9. The SMILES string of the molecule is COCC(C)(C)NS(=O)(=O)c1cc(N)cc(C)c1C. The summed E-state index contributed by atoms with van der Waals surface area (Å²) in [6, 6.07) is 3.24. The Balaban J connectivity index is 3.22. The van der Waals surface area contributed by atoms with Gasteiger partial charge in [0.25, 0.3) is 0 Å². The molecule has 108 valence electrons. The monoisotopic (exact) mass is 286 g/mol. The molecule has 0 fully saturated rings. The number of anilines is 1. The molecule has 0 spiro atoms. The summed E-state index contributed by atoms with van der Waals surface area (Å²) in [6.45, 7) is 7.43. The molecule has 0 heterocycles. The molecule has 3 N–H and O–H groups in total. The van der Waals surface area contributed by atoms with Crippen LogP contribution in [0.5, 0.6) is 0 Å². The van der Waals surface area contributed by atoms with E-state index in [0.29, 0.717) is 11.3 Å². The number of hydrogen-bond acceptors (Lipinski definition) is 4. The molecule has 0 aliphatic rings. The van der Waals surface area contributed by atoms with Crippen LogP contribution in [-0.4, -0.2) is 27.7 Å². The molecule has 0 amide bonds. The van der Waals surface area contributed by atoms with E-state index in [9.17, 15) is 8.42 Å². The summed E-state index contributed by atoms with van der Waals surface area (Å²) in [7, 11) is -2.09. The third kappa shape index (κ3) is 3.92. The topological polar surface area (TPSA) is 81.4 Å². The van der Waals surface area contributed by atoms with Crippen molar-refractivity contribution in [3.05, 3.63) is 23.3 Å². The van der Waals surface area contributed by atoms with Crippen molar-refractivity contribution in [2.45, 2.75) is 38.1 Å². The van der Waals surface area contributed by atoms with E-state index in [1.54, 1.807) is 26.8 Å². The van der Waals surface area contributed by atoms with Gasteiger partial charge in [-0.1, -0.05) is 0 Å². The largest absolute Gasteiger partial charge is 0.399 e. The minimum atomic E-state index is -3.63. The summed E-state index contributed by atoms with van der Waals surface area (Å²) >= 11 is 0. The first-order valence-corrected chi connectivity index (χ1v) is 7.47. The van der Waals surface area contributed by atoms with Crippen LogP contribution in [-0.2, 0) is 14.8 Å². The predicted octanol–water partition coefficient (Wildman–Crippen LogP) is 1.59. The van der Waals surface area contributed by atoms with Crippen LogP contribution in [0.25, 0.3) is 0 Å². The van der Waals surface area contributed by atoms with Crippen LogP contribution in [0.2, 0.25) is 0 Å². The van der Waals surface area contributed by atoms with Crippen molar-refractivity contribution >= 4 is 15.7 Å². The lowest BCUT2D eigenvalue weighted by Gasteiger charge is -2.25. The molecule has 0 aliphatic heterocycles. The summed E-state index contributed by atoms with van der Waals surface area (Å²) in [5.74, 6) is 0. The fourth-order valence-electron chi connectivity index (χ4n) is 1.94. The number of nitrogens with two attached hydrogens (primary N) is 1. The molecule has 0 aliphatic carbocycles. The molecule has 1 aromatic rings. The highest BCUT2D eigenvalue weighted by atomic mass is 32.2. The van der Waals surface area contributed by atoms with Gasteiger partial charge in [-0.2, -0.15) is 0 Å². The van der Waals surface area contributed by atoms with Gasteiger partial charge in [-0.25, -0.2) is 13.1 Å². The fourth-order valence-corrected chi connectivity index (χ4v) is 3.69. The van der Waals surface area contributed by atoms with Crippen LogP contribution in [0.15, 0.2) is 17.0 Å². The second-order valence-corrected chi connectivity index (χ2v) is 7.03. The Morgan fingerprint density at radius 1 is 1.32 bits per heavy atom. The molecule has 0 aromatic heterocycles. The van der Waals surface area contributed by atoms with Crippen LogP contribution in [0.3, 0.4) is 0 Å². The van der Waals surface area contributed by atoms with Crippen molar-refractivity contribution in [3.8, 4) is 0 Å². The number of benzene rings is 1. The Hall–Kier alpha value is -1.11. The van der Waals surface area contributed by atoms with Crippen molar-refractivity contribution in [2.24, 2.45) is 0 Å². The maximum atomic E-state index is 12.4. The number of ether oxygens (including phenoxy) is 1. The van der Waals surface area contributed by atoms with Crippen molar-refractivity contribution in [3.63, 3.8) is 0 Å². The minimum absolute atomic E-state index is 0.217. The van der Waals surface area contributed by atoms with Gasteiger partial charge in [-0.3, -0.25) is 0 Å². The molecule has 1 aromatic carbocycles. The Bertz CT molecular complexity index is 565. The number of methoxy groups -OCH3 is 1. The fraction of sp³-hybridized carbons (Fsp3) is 0.538. The van der Waals surface area contributed by atoms with Gasteiger partial charge in [0.05, 0.1) is 17.0 Å². The van der Waals surface area contributed by atoms with E-state index in [2.05, 4.69) is 4.72 Å². The van der Waals surface area contributed by atoms with E-state index in [0.717, 1.165) is 5.56 Å². The third-order valence-electron chi connectivity index (χ3n) is 2.85. The van der Waals surface area contributed by atoms with Gasteiger partial charge < -0.3 is 10.5 Å². The summed E-state index contributed by atoms with van der Waals surface area (Å²) in [6.07, 6.45) is 0. The maximum absolute atomic E-state index is 12.4. The molecule has 0 atom stereocenters. The summed E-state index contributed by atoms with van der Waals surface area (Å²) < 4.78 is 32.5. The summed E-state index contributed by atoms with van der Waals surface area (Å²) in [5.41, 5.74) is 7.04. The van der Waals surface area contributed by atoms with Gasteiger partial charge in [0.1, 0.15) is 0 Å². The Kier molecular flexibility index (Phi) is 4.60. The lowest BCUT2D eigenvalue weighted by Crippen LogP contribution is -2.46. The summed E-state index contributed by atoms with van der Waals surface area (Å²) in [5, 5.41) is 0. The van der Waals surface area contributed by atoms with E-state index in [-0.39, 0.29) is 11.5 Å². The normalized spacial score (nSPS) is 12.7. The number of hydrogen-bond donors (Lipinski definition) is 2. The van der Waals surface area contributed by atoms with E-state index < -0.39 is 15.6 Å². The van der Waals surface area contributed by atoms with Crippen LogP contribution < -0.4 is 10.5 Å². The number of nitrogen functional groups attached to an aromatic ring is 1. The van der Waals surface area contributed by atoms with Gasteiger partial charge >= 0.3 is 0 Å². The number of rotatable bonds is 5. The molecular weight excluding hydrogens is 264 g/mol. The van der Waals surface area contributed by atoms with Gasteiger partial charge in [-0.15, -0.1) is 0 Å². The van der Waals surface area contributed by atoms with Crippen molar-refractivity contribution < 1.29 is 13.2 Å². The number of nitrogens with one attached hydrogen (secondary N) is 1. The van der Waals surface area contributed by atoms with Crippen LogP contribution in [0.4, 0.5) is 5.69 Å². The molecule has 0 bridgehead atoms. The highest BCUT2D eigenvalue weighted by Crippen LogP contribution is 2.23. The van der Waals surface area contributed by atoms with E-state index >= 15 is 0 Å². The predicted molar refractivity (Wildman–Crippen MR) is 76.6 cm³/mol. The standard InChI is InChI=1S/C13H22N2O3S/c1-9-6-11(14)7-12(10(9)2)19(16,17)15-13(3,4)8-18-5/h6-7,15H,8,14H2,1-5H3. The Morgan fingerprint density at radius 2 is 1.89 bits per heavy atom. The van der Waals surface area contributed by atoms with E-state index in [1.807, 2.05) is 6.92 Å². The number of aryl methyl sites for hydroxylation is 1. The van der Waals surface area contributed by atoms with Gasteiger partial charge in [0, 0.05) is 12.8 Å². The average molecular weight is 286 g/mol. The van der Waals surface area contributed by atoms with Gasteiger partial charge in [-0.05, 0) is 51.0 Å². The zero-order valence-corrected chi connectivity index (χ0v) is 12.9. The Labute approximate surface area is 115 Å².